The highest BCUT2D eigenvalue weighted by atomic mass is 32.2. The maximum atomic E-state index is 12.3. The predicted octanol–water partition coefficient (Wildman–Crippen LogP) is 4.94. The molecule has 4 aromatic rings. The van der Waals surface area contributed by atoms with Crippen molar-refractivity contribution < 1.29 is 9.53 Å². The lowest BCUT2D eigenvalue weighted by atomic mass is 10.2. The fourth-order valence-corrected chi connectivity index (χ4v) is 4.04. The smallest absolute Gasteiger partial charge is 0.236 e. The number of hydrogen-bond donors (Lipinski definition) is 2. The molecule has 2 heterocycles. The third kappa shape index (κ3) is 4.85. The van der Waals surface area contributed by atoms with Crippen LogP contribution in [0.15, 0.2) is 71.3 Å². The maximum Gasteiger partial charge on any atom is 0.236 e. The van der Waals surface area contributed by atoms with E-state index in [1.165, 1.54) is 23.1 Å². The minimum atomic E-state index is -0.122. The highest BCUT2D eigenvalue weighted by Gasteiger charge is 2.10. The molecule has 4 rings (SSSR count). The zero-order valence-corrected chi connectivity index (χ0v) is 17.2. The van der Waals surface area contributed by atoms with Crippen LogP contribution in [-0.2, 0) is 4.79 Å². The number of anilines is 1. The summed E-state index contributed by atoms with van der Waals surface area (Å²) >= 11 is 2.75. The minimum absolute atomic E-state index is 0.122. The number of benzene rings is 2. The number of imidazole rings is 1. The molecular formula is C21H18N4O2S2. The number of thioether (sulfide) groups is 1. The molecule has 0 unspecified atom stereocenters. The van der Waals surface area contributed by atoms with Gasteiger partial charge in [0, 0.05) is 10.9 Å². The van der Waals surface area contributed by atoms with Crippen LogP contribution in [0.5, 0.6) is 5.75 Å². The van der Waals surface area contributed by atoms with E-state index >= 15 is 0 Å². The first-order valence-electron chi connectivity index (χ1n) is 8.84. The van der Waals surface area contributed by atoms with Crippen LogP contribution in [0.25, 0.3) is 22.5 Å². The maximum absolute atomic E-state index is 12.3. The number of nitrogens with one attached hydrogen (secondary N) is 2. The van der Waals surface area contributed by atoms with E-state index in [0.29, 0.717) is 10.3 Å². The first-order chi connectivity index (χ1) is 14.2. The van der Waals surface area contributed by atoms with Crippen molar-refractivity contribution >= 4 is 34.1 Å². The van der Waals surface area contributed by atoms with Gasteiger partial charge >= 0.3 is 0 Å². The predicted molar refractivity (Wildman–Crippen MR) is 117 cm³/mol. The van der Waals surface area contributed by atoms with Crippen LogP contribution in [0.3, 0.4) is 0 Å². The number of thiazole rings is 1. The lowest BCUT2D eigenvalue weighted by Crippen LogP contribution is -2.13. The van der Waals surface area contributed by atoms with Gasteiger partial charge in [-0.1, -0.05) is 42.1 Å². The molecule has 29 heavy (non-hydrogen) atoms. The van der Waals surface area contributed by atoms with Gasteiger partial charge in [-0.2, -0.15) is 0 Å². The molecule has 8 heteroatoms. The SMILES string of the molecule is COc1ccc(-c2csc(NC(=O)CSc3ncc(-c4ccccc4)[nH]3)n2)cc1. The molecule has 0 saturated carbocycles. The Morgan fingerprint density at radius 3 is 2.69 bits per heavy atom. The Morgan fingerprint density at radius 2 is 1.93 bits per heavy atom. The lowest BCUT2D eigenvalue weighted by molar-refractivity contribution is -0.113. The molecule has 0 aliphatic heterocycles. The Bertz CT molecular complexity index is 1090. The van der Waals surface area contributed by atoms with Crippen LogP contribution in [0.4, 0.5) is 5.13 Å². The third-order valence-electron chi connectivity index (χ3n) is 4.11. The number of hydrogen-bond acceptors (Lipinski definition) is 6. The molecule has 6 nitrogen and oxygen atoms in total. The van der Waals surface area contributed by atoms with E-state index < -0.39 is 0 Å². The van der Waals surface area contributed by atoms with E-state index in [-0.39, 0.29) is 11.7 Å². The zero-order valence-electron chi connectivity index (χ0n) is 15.6. The van der Waals surface area contributed by atoms with Crippen LogP contribution in [0.1, 0.15) is 0 Å². The number of nitrogens with zero attached hydrogens (tertiary/aromatic N) is 2. The Kier molecular flexibility index (Phi) is 5.92. The summed E-state index contributed by atoms with van der Waals surface area (Å²) in [5.74, 6) is 0.922. The second-order valence-electron chi connectivity index (χ2n) is 6.07. The number of H-pyrrole nitrogens is 1. The Hall–Kier alpha value is -3.10. The van der Waals surface area contributed by atoms with E-state index in [4.69, 9.17) is 4.74 Å². The van der Waals surface area contributed by atoms with Crippen LogP contribution >= 0.6 is 23.1 Å². The van der Waals surface area contributed by atoms with E-state index in [2.05, 4.69) is 20.3 Å². The van der Waals surface area contributed by atoms with E-state index in [1.54, 1.807) is 13.3 Å². The van der Waals surface area contributed by atoms with Crippen LogP contribution < -0.4 is 10.1 Å². The minimum Gasteiger partial charge on any atom is -0.497 e. The summed E-state index contributed by atoms with van der Waals surface area (Å²) in [6.45, 7) is 0. The summed E-state index contributed by atoms with van der Waals surface area (Å²) in [6, 6.07) is 17.6. The highest BCUT2D eigenvalue weighted by Crippen LogP contribution is 2.27. The van der Waals surface area contributed by atoms with Crippen LogP contribution in [0.2, 0.25) is 0 Å². The average Bonchev–Trinajstić information content (AvgIpc) is 3.43. The van der Waals surface area contributed by atoms with Crippen molar-refractivity contribution in [1.82, 2.24) is 15.0 Å². The molecule has 0 radical (unpaired) electrons. The summed E-state index contributed by atoms with van der Waals surface area (Å²) in [5, 5.41) is 6.04. The van der Waals surface area contributed by atoms with Crippen molar-refractivity contribution in [3.05, 3.63) is 66.2 Å². The number of methoxy groups -OCH3 is 1. The van der Waals surface area contributed by atoms with E-state index in [9.17, 15) is 4.79 Å². The van der Waals surface area contributed by atoms with Crippen molar-refractivity contribution in [1.29, 1.82) is 0 Å². The fraction of sp³-hybridized carbons (Fsp3) is 0.0952. The molecule has 0 atom stereocenters. The van der Waals surface area contributed by atoms with Crippen molar-refractivity contribution in [3.8, 4) is 28.3 Å². The summed E-state index contributed by atoms with van der Waals surface area (Å²) in [5.41, 5.74) is 3.78. The molecule has 2 aromatic carbocycles. The summed E-state index contributed by atoms with van der Waals surface area (Å²) in [7, 11) is 1.63. The molecule has 2 aromatic heterocycles. The molecule has 146 valence electrons. The molecule has 0 aliphatic carbocycles. The molecule has 0 spiro atoms. The lowest BCUT2D eigenvalue weighted by Gasteiger charge is -2.01. The molecule has 0 bridgehead atoms. The summed E-state index contributed by atoms with van der Waals surface area (Å²) < 4.78 is 5.17. The van der Waals surface area contributed by atoms with Gasteiger partial charge in [-0.05, 0) is 29.8 Å². The van der Waals surface area contributed by atoms with Gasteiger partial charge in [-0.3, -0.25) is 4.79 Å². The first kappa shape index (κ1) is 19.2. The Balaban J connectivity index is 1.32. The van der Waals surface area contributed by atoms with Gasteiger partial charge in [0.1, 0.15) is 5.75 Å². The summed E-state index contributed by atoms with van der Waals surface area (Å²) in [6.07, 6.45) is 1.78. The standard InChI is InChI=1S/C21H18N4O2S2/c1-27-16-9-7-15(8-10-16)18-12-28-21(24-18)25-19(26)13-29-20-22-11-17(23-20)14-5-3-2-4-6-14/h2-12H,13H2,1H3,(H,22,23)(H,24,25,26). The van der Waals surface area contributed by atoms with Gasteiger partial charge < -0.3 is 15.0 Å². The number of aromatic nitrogens is 3. The first-order valence-corrected chi connectivity index (χ1v) is 10.7. The number of amides is 1. The number of rotatable bonds is 7. The number of aromatic amines is 1. The van der Waals surface area contributed by atoms with Gasteiger partial charge in [0.25, 0.3) is 0 Å². The van der Waals surface area contributed by atoms with Crippen molar-refractivity contribution in [2.75, 3.05) is 18.2 Å². The monoisotopic (exact) mass is 422 g/mol. The second kappa shape index (κ2) is 8.93. The Morgan fingerprint density at radius 1 is 1.14 bits per heavy atom. The quantitative estimate of drug-likeness (QED) is 0.412. The van der Waals surface area contributed by atoms with E-state index in [1.807, 2.05) is 60.0 Å². The van der Waals surface area contributed by atoms with Gasteiger partial charge in [0.2, 0.25) is 5.91 Å². The topological polar surface area (TPSA) is 79.9 Å². The average molecular weight is 423 g/mol. The van der Waals surface area contributed by atoms with Crippen molar-refractivity contribution in [3.63, 3.8) is 0 Å². The summed E-state index contributed by atoms with van der Waals surface area (Å²) in [4.78, 5) is 24.3. The van der Waals surface area contributed by atoms with Gasteiger partial charge in [-0.25, -0.2) is 9.97 Å². The second-order valence-corrected chi connectivity index (χ2v) is 7.89. The molecule has 1 amide bonds. The molecule has 0 aliphatic rings. The van der Waals surface area contributed by atoms with Crippen LogP contribution in [-0.4, -0.2) is 33.7 Å². The molecule has 0 fully saturated rings. The third-order valence-corrected chi connectivity index (χ3v) is 5.76. The van der Waals surface area contributed by atoms with Crippen molar-refractivity contribution in [2.45, 2.75) is 5.16 Å². The van der Waals surface area contributed by atoms with Crippen molar-refractivity contribution in [2.24, 2.45) is 0 Å². The van der Waals surface area contributed by atoms with Gasteiger partial charge in [0.05, 0.1) is 30.4 Å². The molecular weight excluding hydrogens is 404 g/mol. The van der Waals surface area contributed by atoms with Gasteiger partial charge in [0.15, 0.2) is 10.3 Å². The number of ether oxygens (including phenoxy) is 1. The highest BCUT2D eigenvalue weighted by molar-refractivity contribution is 7.99. The molecule has 2 N–H and O–H groups in total. The Labute approximate surface area is 176 Å². The largest absolute Gasteiger partial charge is 0.497 e. The van der Waals surface area contributed by atoms with Gasteiger partial charge in [-0.15, -0.1) is 11.3 Å². The van der Waals surface area contributed by atoms with E-state index in [0.717, 1.165) is 28.3 Å². The zero-order chi connectivity index (χ0) is 20.1. The number of carbonyl (C=O) groups is 1. The molecule has 0 saturated heterocycles. The number of carbonyl (C=O) groups excluding carboxylic acids is 1. The fourth-order valence-electron chi connectivity index (χ4n) is 2.66. The van der Waals surface area contributed by atoms with Crippen LogP contribution in [0, 0.1) is 0 Å². The normalized spacial score (nSPS) is 10.7.